The van der Waals surface area contributed by atoms with Gasteiger partial charge in [0.05, 0.1) is 0 Å². The summed E-state index contributed by atoms with van der Waals surface area (Å²) in [6, 6.07) is 8.76. The number of benzene rings is 1. The second-order valence-corrected chi connectivity index (χ2v) is 3.04. The van der Waals surface area contributed by atoms with E-state index in [1.165, 1.54) is 11.1 Å². The summed E-state index contributed by atoms with van der Waals surface area (Å²) in [4.78, 5) is 0. The maximum Gasteiger partial charge on any atom is -0.00943 e. The third-order valence-corrected chi connectivity index (χ3v) is 2.06. The highest BCUT2D eigenvalue weighted by Crippen LogP contribution is 2.05. The van der Waals surface area contributed by atoms with Gasteiger partial charge in [0.2, 0.25) is 0 Å². The van der Waals surface area contributed by atoms with Crippen molar-refractivity contribution in [3.05, 3.63) is 60.2 Å². The molecule has 0 aromatic heterocycles. The molecule has 0 nitrogen and oxygen atoms in total. The van der Waals surface area contributed by atoms with Gasteiger partial charge in [-0.3, -0.25) is 0 Å². The molecule has 0 saturated carbocycles. The molecule has 0 radical (unpaired) electrons. The van der Waals surface area contributed by atoms with E-state index in [9.17, 15) is 0 Å². The van der Waals surface area contributed by atoms with Gasteiger partial charge < -0.3 is 0 Å². The van der Waals surface area contributed by atoms with Crippen LogP contribution in [0.2, 0.25) is 0 Å². The Morgan fingerprint density at radius 1 is 1.15 bits per heavy atom. The third-order valence-electron chi connectivity index (χ3n) is 2.06. The first kappa shape index (κ1) is 9.79. The average molecular weight is 172 g/mol. The molecule has 0 amide bonds. The molecule has 0 unspecified atom stereocenters. The molecule has 0 aliphatic carbocycles. The number of hydrogen-bond acceptors (Lipinski definition) is 0. The summed E-state index contributed by atoms with van der Waals surface area (Å²) in [7, 11) is 0. The van der Waals surface area contributed by atoms with Crippen LogP contribution in [0, 0.1) is 0 Å². The van der Waals surface area contributed by atoms with Crippen molar-refractivity contribution in [3.8, 4) is 0 Å². The predicted molar refractivity (Wildman–Crippen MR) is 58.9 cm³/mol. The summed E-state index contributed by atoms with van der Waals surface area (Å²) < 4.78 is 0. The van der Waals surface area contributed by atoms with E-state index in [0.717, 1.165) is 12.8 Å². The molecule has 0 saturated heterocycles. The van der Waals surface area contributed by atoms with Crippen LogP contribution in [0.1, 0.15) is 18.1 Å². The third kappa shape index (κ3) is 3.29. The number of aryl methyl sites for hydroxylation is 1. The van der Waals surface area contributed by atoms with Crippen LogP contribution in [0.5, 0.6) is 0 Å². The highest BCUT2D eigenvalue weighted by Gasteiger charge is 1.89. The van der Waals surface area contributed by atoms with E-state index >= 15 is 0 Å². The van der Waals surface area contributed by atoms with Crippen molar-refractivity contribution in [2.75, 3.05) is 0 Å². The summed E-state index contributed by atoms with van der Waals surface area (Å²) in [5, 5.41) is 0. The molecular formula is C13H16. The molecule has 0 spiro atoms. The second kappa shape index (κ2) is 5.36. The van der Waals surface area contributed by atoms with Gasteiger partial charge in [0, 0.05) is 0 Å². The van der Waals surface area contributed by atoms with Crippen LogP contribution >= 0.6 is 0 Å². The Labute approximate surface area is 80.6 Å². The Morgan fingerprint density at radius 2 is 1.77 bits per heavy atom. The fourth-order valence-corrected chi connectivity index (χ4v) is 1.21. The van der Waals surface area contributed by atoms with Crippen molar-refractivity contribution in [2.45, 2.75) is 19.8 Å². The Morgan fingerprint density at radius 3 is 2.31 bits per heavy atom. The number of allylic oxidation sites excluding steroid dienone is 3. The molecule has 0 bridgehead atoms. The second-order valence-electron chi connectivity index (χ2n) is 3.04. The molecule has 0 heteroatoms. The standard InChI is InChI=1S/C13H16/c1-3-5-6-7-13-10-8-12(4-2)9-11-13/h3,5-6,8-11H,1,4,7H2,2H3. The maximum atomic E-state index is 3.63. The normalized spacial score (nSPS) is 10.5. The van der Waals surface area contributed by atoms with E-state index in [0.29, 0.717) is 0 Å². The molecule has 0 aliphatic heterocycles. The molecule has 0 N–H and O–H groups in total. The molecule has 0 aliphatic rings. The zero-order valence-corrected chi connectivity index (χ0v) is 8.16. The van der Waals surface area contributed by atoms with Gasteiger partial charge in [0.25, 0.3) is 0 Å². The monoisotopic (exact) mass is 172 g/mol. The lowest BCUT2D eigenvalue weighted by atomic mass is 10.1. The molecule has 0 atom stereocenters. The van der Waals surface area contributed by atoms with Crippen LogP contribution in [-0.4, -0.2) is 0 Å². The van der Waals surface area contributed by atoms with Gasteiger partial charge in [-0.1, -0.05) is 56.0 Å². The van der Waals surface area contributed by atoms with E-state index < -0.39 is 0 Å². The van der Waals surface area contributed by atoms with Crippen LogP contribution in [0.3, 0.4) is 0 Å². The summed E-state index contributed by atoms with van der Waals surface area (Å²) in [6.07, 6.45) is 8.01. The molecule has 1 aromatic carbocycles. The van der Waals surface area contributed by atoms with Crippen molar-refractivity contribution in [2.24, 2.45) is 0 Å². The highest BCUT2D eigenvalue weighted by atomic mass is 14.0. The van der Waals surface area contributed by atoms with Gasteiger partial charge in [0.15, 0.2) is 0 Å². The topological polar surface area (TPSA) is 0 Å². The van der Waals surface area contributed by atoms with Crippen LogP contribution in [0.4, 0.5) is 0 Å². The number of hydrogen-bond donors (Lipinski definition) is 0. The van der Waals surface area contributed by atoms with Gasteiger partial charge in [-0.15, -0.1) is 0 Å². The van der Waals surface area contributed by atoms with Crippen molar-refractivity contribution in [3.63, 3.8) is 0 Å². The predicted octanol–water partition coefficient (Wildman–Crippen LogP) is 3.53. The largest absolute Gasteiger partial charge is 0.0991 e. The van der Waals surface area contributed by atoms with Gasteiger partial charge >= 0.3 is 0 Å². The highest BCUT2D eigenvalue weighted by molar-refractivity contribution is 5.24. The van der Waals surface area contributed by atoms with Gasteiger partial charge in [-0.2, -0.15) is 0 Å². The zero-order valence-electron chi connectivity index (χ0n) is 8.16. The van der Waals surface area contributed by atoms with Crippen LogP contribution in [-0.2, 0) is 12.8 Å². The first-order valence-electron chi connectivity index (χ1n) is 4.72. The lowest BCUT2D eigenvalue weighted by Crippen LogP contribution is -1.83. The first-order chi connectivity index (χ1) is 6.36. The molecule has 0 heterocycles. The quantitative estimate of drug-likeness (QED) is 0.609. The Balaban J connectivity index is 2.58. The van der Waals surface area contributed by atoms with Crippen molar-refractivity contribution < 1.29 is 0 Å². The Bertz CT molecular complexity index is 277. The fourth-order valence-electron chi connectivity index (χ4n) is 1.21. The van der Waals surface area contributed by atoms with Crippen molar-refractivity contribution in [1.82, 2.24) is 0 Å². The van der Waals surface area contributed by atoms with Crippen LogP contribution in [0.15, 0.2) is 49.1 Å². The summed E-state index contributed by atoms with van der Waals surface area (Å²) >= 11 is 0. The fraction of sp³-hybridized carbons (Fsp3) is 0.231. The van der Waals surface area contributed by atoms with Crippen LogP contribution in [0.25, 0.3) is 0 Å². The number of rotatable bonds is 4. The molecule has 0 fully saturated rings. The lowest BCUT2D eigenvalue weighted by Gasteiger charge is -1.98. The Hall–Kier alpha value is -1.30. The summed E-state index contributed by atoms with van der Waals surface area (Å²) in [6.45, 7) is 5.81. The SMILES string of the molecule is C=CC=CCc1ccc(CC)cc1. The molecule has 68 valence electrons. The first-order valence-corrected chi connectivity index (χ1v) is 4.72. The molecule has 1 rings (SSSR count). The maximum absolute atomic E-state index is 3.63. The lowest BCUT2D eigenvalue weighted by molar-refractivity contribution is 1.13. The van der Waals surface area contributed by atoms with E-state index in [2.05, 4.69) is 43.8 Å². The molecule has 13 heavy (non-hydrogen) atoms. The average Bonchev–Trinajstić information content (AvgIpc) is 2.19. The van der Waals surface area contributed by atoms with E-state index in [1.54, 1.807) is 6.08 Å². The molecule has 1 aromatic rings. The smallest absolute Gasteiger partial charge is 0.00943 e. The van der Waals surface area contributed by atoms with E-state index in [4.69, 9.17) is 0 Å². The van der Waals surface area contributed by atoms with Gasteiger partial charge in [-0.05, 0) is 24.0 Å². The summed E-state index contributed by atoms with van der Waals surface area (Å²) in [5.74, 6) is 0. The van der Waals surface area contributed by atoms with E-state index in [-0.39, 0.29) is 0 Å². The van der Waals surface area contributed by atoms with Crippen LogP contribution < -0.4 is 0 Å². The van der Waals surface area contributed by atoms with Gasteiger partial charge in [-0.25, -0.2) is 0 Å². The van der Waals surface area contributed by atoms with Crippen molar-refractivity contribution >= 4 is 0 Å². The summed E-state index contributed by atoms with van der Waals surface area (Å²) in [5.41, 5.74) is 2.76. The zero-order chi connectivity index (χ0) is 9.52. The minimum Gasteiger partial charge on any atom is -0.0991 e. The molecular weight excluding hydrogens is 156 g/mol. The van der Waals surface area contributed by atoms with Crippen molar-refractivity contribution in [1.29, 1.82) is 0 Å². The minimum atomic E-state index is 0.996. The van der Waals surface area contributed by atoms with E-state index in [1.807, 2.05) is 6.08 Å². The Kier molecular flexibility index (Phi) is 4.04. The minimum absolute atomic E-state index is 0.996. The van der Waals surface area contributed by atoms with Gasteiger partial charge in [0.1, 0.15) is 0 Å².